The number of hydrogen-bond acceptors (Lipinski definition) is 5. The minimum atomic E-state index is -0.545. The average Bonchev–Trinajstić information content (AvgIpc) is 3.10. The highest BCUT2D eigenvalue weighted by Gasteiger charge is 2.39. The monoisotopic (exact) mass is 424 g/mol. The zero-order chi connectivity index (χ0) is 21.4. The Morgan fingerprint density at radius 1 is 1.00 bits per heavy atom. The van der Waals surface area contributed by atoms with E-state index in [1.807, 2.05) is 6.07 Å². The van der Waals surface area contributed by atoms with Crippen LogP contribution in [-0.4, -0.2) is 65.8 Å². The van der Waals surface area contributed by atoms with Crippen molar-refractivity contribution in [2.45, 2.75) is 63.6 Å². The Kier molecular flexibility index (Phi) is 5.80. The zero-order valence-corrected chi connectivity index (χ0v) is 18.1. The van der Waals surface area contributed by atoms with Crippen LogP contribution in [0.25, 0.3) is 0 Å². The molecule has 3 heterocycles. The van der Waals surface area contributed by atoms with E-state index in [0.717, 1.165) is 38.2 Å². The predicted octanol–water partition coefficient (Wildman–Crippen LogP) is 1.45. The van der Waals surface area contributed by atoms with E-state index in [0.29, 0.717) is 30.5 Å². The molecule has 7 nitrogen and oxygen atoms in total. The lowest BCUT2D eigenvalue weighted by atomic mass is 9.79. The Morgan fingerprint density at radius 2 is 1.81 bits per heavy atom. The van der Waals surface area contributed by atoms with Gasteiger partial charge in [0, 0.05) is 50.7 Å². The van der Waals surface area contributed by atoms with Gasteiger partial charge in [0.15, 0.2) is 0 Å². The lowest BCUT2D eigenvalue weighted by Gasteiger charge is -2.42. The third kappa shape index (κ3) is 4.13. The molecule has 1 saturated carbocycles. The second-order valence-electron chi connectivity index (χ2n) is 9.49. The summed E-state index contributed by atoms with van der Waals surface area (Å²) in [5, 5.41) is 5.84. The number of nitrogens with zero attached hydrogens (tertiary/aromatic N) is 2. The minimum Gasteiger partial charge on any atom is -0.322 e. The Morgan fingerprint density at radius 3 is 2.61 bits per heavy atom. The summed E-state index contributed by atoms with van der Waals surface area (Å²) in [5.41, 5.74) is 3.01. The van der Waals surface area contributed by atoms with Crippen LogP contribution in [0.15, 0.2) is 18.2 Å². The number of piperazine rings is 1. The van der Waals surface area contributed by atoms with Crippen molar-refractivity contribution in [2.24, 2.45) is 5.92 Å². The summed E-state index contributed by atoms with van der Waals surface area (Å²) in [5.74, 6) is -0.0291. The lowest BCUT2D eigenvalue weighted by Crippen LogP contribution is -2.52. The molecule has 3 fully saturated rings. The van der Waals surface area contributed by atoms with Gasteiger partial charge in [-0.05, 0) is 48.8 Å². The second kappa shape index (κ2) is 8.71. The van der Waals surface area contributed by atoms with Gasteiger partial charge in [-0.3, -0.25) is 24.6 Å². The number of amides is 3. The standard InChI is InChI=1S/C24H32N4O3/c29-22-8-7-21(23(30)26-22)28-15-18-14-16(5-6-19(18)24(28)31)13-17-3-1-2-4-20(17)27-11-9-25-10-12-27/h5-6,14,17,20-21,25H,1-4,7-13,15H2,(H,26,29,30)/t17-,20+,21?/m1/s1. The molecule has 0 bridgehead atoms. The van der Waals surface area contributed by atoms with Crippen LogP contribution < -0.4 is 10.6 Å². The summed E-state index contributed by atoms with van der Waals surface area (Å²) < 4.78 is 0. The van der Waals surface area contributed by atoms with Gasteiger partial charge in [0.05, 0.1) is 0 Å². The maximum absolute atomic E-state index is 12.9. The van der Waals surface area contributed by atoms with Gasteiger partial charge in [0.2, 0.25) is 11.8 Å². The van der Waals surface area contributed by atoms with Crippen molar-refractivity contribution in [3.63, 3.8) is 0 Å². The summed E-state index contributed by atoms with van der Waals surface area (Å²) in [6.07, 6.45) is 6.94. The fraction of sp³-hybridized carbons (Fsp3) is 0.625. The molecular formula is C24H32N4O3. The van der Waals surface area contributed by atoms with Gasteiger partial charge in [-0.1, -0.05) is 25.0 Å². The van der Waals surface area contributed by atoms with Gasteiger partial charge in [0.25, 0.3) is 5.91 Å². The number of carbonyl (C=O) groups excluding carboxylic acids is 3. The number of fused-ring (bicyclic) bond motifs is 1. The summed E-state index contributed by atoms with van der Waals surface area (Å²) in [4.78, 5) is 41.0. The van der Waals surface area contributed by atoms with Crippen molar-refractivity contribution in [3.05, 3.63) is 34.9 Å². The summed E-state index contributed by atoms with van der Waals surface area (Å²) in [6, 6.07) is 6.35. The van der Waals surface area contributed by atoms with Crippen LogP contribution in [0.3, 0.4) is 0 Å². The first-order valence-corrected chi connectivity index (χ1v) is 11.8. The van der Waals surface area contributed by atoms with Crippen LogP contribution in [0.4, 0.5) is 0 Å². The quantitative estimate of drug-likeness (QED) is 0.715. The molecule has 3 atom stereocenters. The van der Waals surface area contributed by atoms with Crippen molar-refractivity contribution in [3.8, 4) is 0 Å². The molecule has 2 N–H and O–H groups in total. The van der Waals surface area contributed by atoms with Crippen molar-refractivity contribution >= 4 is 17.7 Å². The number of carbonyl (C=O) groups is 3. The summed E-state index contributed by atoms with van der Waals surface area (Å²) in [7, 11) is 0. The van der Waals surface area contributed by atoms with E-state index in [1.54, 1.807) is 4.90 Å². The van der Waals surface area contributed by atoms with Crippen LogP contribution >= 0.6 is 0 Å². The third-order valence-corrected chi connectivity index (χ3v) is 7.58. The molecule has 31 heavy (non-hydrogen) atoms. The largest absolute Gasteiger partial charge is 0.322 e. The molecule has 3 aliphatic heterocycles. The van der Waals surface area contributed by atoms with Crippen LogP contribution in [-0.2, 0) is 22.6 Å². The fourth-order valence-corrected chi connectivity index (χ4v) is 5.98. The molecule has 5 rings (SSSR count). The van der Waals surface area contributed by atoms with Gasteiger partial charge in [0.1, 0.15) is 6.04 Å². The SMILES string of the molecule is O=C1CCC(N2Cc3cc(C[C@H]4CCCC[C@@H]4N4CCNCC4)ccc3C2=O)C(=O)N1. The molecule has 1 aliphatic carbocycles. The molecule has 3 amide bonds. The van der Waals surface area contributed by atoms with Crippen LogP contribution in [0.5, 0.6) is 0 Å². The highest BCUT2D eigenvalue weighted by molar-refractivity contribution is 6.05. The molecule has 4 aliphatic rings. The third-order valence-electron chi connectivity index (χ3n) is 7.58. The number of piperidine rings is 1. The Labute approximate surface area is 183 Å². The number of nitrogens with one attached hydrogen (secondary N) is 2. The van der Waals surface area contributed by atoms with E-state index in [-0.39, 0.29) is 24.1 Å². The number of imide groups is 1. The topological polar surface area (TPSA) is 81.8 Å². The maximum atomic E-state index is 12.9. The molecule has 7 heteroatoms. The van der Waals surface area contributed by atoms with Crippen molar-refractivity contribution < 1.29 is 14.4 Å². The smallest absolute Gasteiger partial charge is 0.255 e. The van der Waals surface area contributed by atoms with Gasteiger partial charge in [-0.2, -0.15) is 0 Å². The van der Waals surface area contributed by atoms with Crippen molar-refractivity contribution in [1.29, 1.82) is 0 Å². The average molecular weight is 425 g/mol. The Balaban J connectivity index is 1.29. The van der Waals surface area contributed by atoms with Gasteiger partial charge < -0.3 is 10.2 Å². The highest BCUT2D eigenvalue weighted by atomic mass is 16.2. The molecule has 2 saturated heterocycles. The molecule has 166 valence electrons. The van der Waals surface area contributed by atoms with E-state index in [9.17, 15) is 14.4 Å². The van der Waals surface area contributed by atoms with Gasteiger partial charge >= 0.3 is 0 Å². The van der Waals surface area contributed by atoms with Crippen LogP contribution in [0.2, 0.25) is 0 Å². The highest BCUT2D eigenvalue weighted by Crippen LogP contribution is 2.33. The van der Waals surface area contributed by atoms with Gasteiger partial charge in [-0.15, -0.1) is 0 Å². The summed E-state index contributed by atoms with van der Waals surface area (Å²) in [6.45, 7) is 4.91. The molecule has 0 radical (unpaired) electrons. The Hall–Kier alpha value is -2.25. The number of rotatable bonds is 4. The zero-order valence-electron chi connectivity index (χ0n) is 18.1. The molecule has 1 unspecified atom stereocenters. The second-order valence-corrected chi connectivity index (χ2v) is 9.49. The van der Waals surface area contributed by atoms with Gasteiger partial charge in [-0.25, -0.2) is 0 Å². The summed E-state index contributed by atoms with van der Waals surface area (Å²) >= 11 is 0. The van der Waals surface area contributed by atoms with Crippen molar-refractivity contribution in [2.75, 3.05) is 26.2 Å². The van der Waals surface area contributed by atoms with E-state index in [2.05, 4.69) is 27.7 Å². The minimum absolute atomic E-state index is 0.0904. The van der Waals surface area contributed by atoms with Crippen LogP contribution in [0, 0.1) is 5.92 Å². The van der Waals surface area contributed by atoms with E-state index < -0.39 is 6.04 Å². The molecule has 1 aromatic rings. The molecular weight excluding hydrogens is 392 g/mol. The normalized spacial score (nSPS) is 29.7. The Bertz CT molecular complexity index is 880. The van der Waals surface area contributed by atoms with Crippen LogP contribution in [0.1, 0.15) is 60.0 Å². The maximum Gasteiger partial charge on any atom is 0.255 e. The predicted molar refractivity (Wildman–Crippen MR) is 116 cm³/mol. The van der Waals surface area contributed by atoms with E-state index >= 15 is 0 Å². The fourth-order valence-electron chi connectivity index (χ4n) is 5.98. The molecule has 1 aromatic carbocycles. The first-order valence-electron chi connectivity index (χ1n) is 11.8. The molecule has 0 spiro atoms. The van der Waals surface area contributed by atoms with E-state index in [1.165, 1.54) is 31.2 Å². The lowest BCUT2D eigenvalue weighted by molar-refractivity contribution is -0.136. The molecule has 0 aromatic heterocycles. The van der Waals surface area contributed by atoms with E-state index in [4.69, 9.17) is 0 Å². The number of benzene rings is 1. The number of hydrogen-bond donors (Lipinski definition) is 2. The van der Waals surface area contributed by atoms with Crippen molar-refractivity contribution in [1.82, 2.24) is 20.4 Å². The first kappa shape index (κ1) is 20.6. The first-order chi connectivity index (χ1) is 15.1.